The van der Waals surface area contributed by atoms with Crippen LogP contribution in [0.3, 0.4) is 0 Å². The molecule has 3 aromatic rings. The van der Waals surface area contributed by atoms with Crippen molar-refractivity contribution in [2.24, 2.45) is 0 Å². The molecular formula is C31H37ClF3N5O4S. The summed E-state index contributed by atoms with van der Waals surface area (Å²) in [6.45, 7) is 2.37. The van der Waals surface area contributed by atoms with Gasteiger partial charge < -0.3 is 20.0 Å². The topological polar surface area (TPSA) is 102 Å². The number of benzene rings is 2. The average Bonchev–Trinajstić information content (AvgIpc) is 3.34. The number of likely N-dealkylation sites (tertiary alicyclic amines) is 1. The van der Waals surface area contributed by atoms with Crippen LogP contribution in [-0.2, 0) is 42.1 Å². The standard InChI is InChI=1S/C31H37ClF3N5O4S/c1-45(43,44)38-15-12-28-26(19-38)30(20-2-5-22(6-3-20)31(33,34)35)36-39(28)18-25(41)17-37-13-10-24(11-14-37)40-27-8-7-23(32)16-21(27)4-9-29(40)42/h2-3,5-8,16,24-25,29,41-42H,4,9-15,17-19H2,1H3. The number of aliphatic hydroxyl groups excluding tert-OH is 2. The molecule has 1 fully saturated rings. The highest BCUT2D eigenvalue weighted by molar-refractivity contribution is 7.88. The van der Waals surface area contributed by atoms with Gasteiger partial charge in [0.1, 0.15) is 6.23 Å². The fourth-order valence-corrected chi connectivity index (χ4v) is 7.90. The van der Waals surface area contributed by atoms with E-state index < -0.39 is 34.1 Å². The van der Waals surface area contributed by atoms with E-state index in [4.69, 9.17) is 16.7 Å². The second-order valence-corrected chi connectivity index (χ2v) is 14.7. The fourth-order valence-electron chi connectivity index (χ4n) is 6.92. The van der Waals surface area contributed by atoms with Crippen molar-refractivity contribution >= 4 is 27.3 Å². The van der Waals surface area contributed by atoms with Gasteiger partial charge in [0.2, 0.25) is 10.0 Å². The van der Waals surface area contributed by atoms with Gasteiger partial charge in [-0.3, -0.25) is 4.68 Å². The van der Waals surface area contributed by atoms with Crippen molar-refractivity contribution in [2.75, 3.05) is 37.3 Å². The largest absolute Gasteiger partial charge is 0.416 e. The van der Waals surface area contributed by atoms with Gasteiger partial charge >= 0.3 is 6.18 Å². The summed E-state index contributed by atoms with van der Waals surface area (Å²) in [5.74, 6) is 0. The predicted molar refractivity (Wildman–Crippen MR) is 165 cm³/mol. The number of sulfonamides is 1. The summed E-state index contributed by atoms with van der Waals surface area (Å²) < 4.78 is 67.2. The summed E-state index contributed by atoms with van der Waals surface area (Å²) in [5.41, 5.74) is 3.68. The Balaban J connectivity index is 1.15. The first kappa shape index (κ1) is 32.3. The summed E-state index contributed by atoms with van der Waals surface area (Å²) in [6.07, 6.45) is -1.22. The molecule has 3 aliphatic heterocycles. The van der Waals surface area contributed by atoms with Gasteiger partial charge in [-0.2, -0.15) is 22.6 Å². The summed E-state index contributed by atoms with van der Waals surface area (Å²) in [4.78, 5) is 4.31. The van der Waals surface area contributed by atoms with Crippen LogP contribution >= 0.6 is 11.6 Å². The van der Waals surface area contributed by atoms with Crippen molar-refractivity contribution in [2.45, 2.75) is 69.7 Å². The molecule has 0 spiro atoms. The van der Waals surface area contributed by atoms with Crippen molar-refractivity contribution in [3.8, 4) is 11.3 Å². The molecule has 4 heterocycles. The first-order valence-electron chi connectivity index (χ1n) is 15.1. The molecule has 1 saturated heterocycles. The molecule has 2 aromatic carbocycles. The average molecular weight is 668 g/mol. The third-order valence-corrected chi connectivity index (χ3v) is 10.7. The summed E-state index contributed by atoms with van der Waals surface area (Å²) >= 11 is 6.21. The van der Waals surface area contributed by atoms with Crippen LogP contribution in [0.1, 0.15) is 41.6 Å². The van der Waals surface area contributed by atoms with Crippen LogP contribution in [0, 0.1) is 0 Å². The molecule has 2 unspecified atom stereocenters. The maximum atomic E-state index is 13.2. The number of halogens is 4. The van der Waals surface area contributed by atoms with Gasteiger partial charge in [0, 0.05) is 72.7 Å². The number of piperidine rings is 1. The summed E-state index contributed by atoms with van der Waals surface area (Å²) in [6, 6.07) is 10.7. The van der Waals surface area contributed by atoms with Gasteiger partial charge in [0.25, 0.3) is 0 Å². The third kappa shape index (κ3) is 6.89. The molecule has 45 heavy (non-hydrogen) atoms. The van der Waals surface area contributed by atoms with Crippen LogP contribution in [0.15, 0.2) is 42.5 Å². The smallest absolute Gasteiger partial charge is 0.390 e. The van der Waals surface area contributed by atoms with E-state index in [0.717, 1.165) is 67.7 Å². The Morgan fingerprint density at radius 1 is 1.02 bits per heavy atom. The van der Waals surface area contributed by atoms with E-state index in [9.17, 15) is 31.8 Å². The Morgan fingerprint density at radius 2 is 1.73 bits per heavy atom. The number of hydrogen-bond donors (Lipinski definition) is 2. The first-order valence-corrected chi connectivity index (χ1v) is 17.4. The molecule has 0 bridgehead atoms. The number of anilines is 1. The lowest BCUT2D eigenvalue weighted by molar-refractivity contribution is -0.137. The number of hydrogen-bond acceptors (Lipinski definition) is 7. The van der Waals surface area contributed by atoms with Crippen molar-refractivity contribution < 1.29 is 31.8 Å². The van der Waals surface area contributed by atoms with Crippen molar-refractivity contribution in [1.29, 1.82) is 0 Å². The van der Waals surface area contributed by atoms with Crippen LogP contribution in [0.4, 0.5) is 18.9 Å². The van der Waals surface area contributed by atoms with Crippen LogP contribution < -0.4 is 4.90 Å². The van der Waals surface area contributed by atoms with Crippen molar-refractivity contribution in [1.82, 2.24) is 19.0 Å². The highest BCUT2D eigenvalue weighted by Gasteiger charge is 2.35. The lowest BCUT2D eigenvalue weighted by atomic mass is 9.94. The summed E-state index contributed by atoms with van der Waals surface area (Å²) in [7, 11) is -3.49. The lowest BCUT2D eigenvalue weighted by Crippen LogP contribution is -2.52. The maximum Gasteiger partial charge on any atom is 0.416 e. The Morgan fingerprint density at radius 3 is 2.40 bits per heavy atom. The zero-order valence-corrected chi connectivity index (χ0v) is 26.5. The second kappa shape index (κ2) is 12.5. The molecule has 14 heteroatoms. The van der Waals surface area contributed by atoms with E-state index in [1.54, 1.807) is 4.68 Å². The number of aromatic nitrogens is 2. The van der Waals surface area contributed by atoms with E-state index in [0.29, 0.717) is 41.2 Å². The molecule has 6 rings (SSSR count). The van der Waals surface area contributed by atoms with E-state index in [1.165, 1.54) is 16.4 Å². The minimum absolute atomic E-state index is 0.0613. The highest BCUT2D eigenvalue weighted by atomic mass is 35.5. The number of aliphatic hydroxyl groups is 2. The Bertz CT molecular complexity index is 1640. The maximum absolute atomic E-state index is 13.2. The SMILES string of the molecule is CS(=O)(=O)N1CCc2c(c(-c3ccc(C(F)(F)F)cc3)nn2CC(O)CN2CCC(N3c4ccc(Cl)cc4CCC3O)CC2)C1. The first-order chi connectivity index (χ1) is 21.3. The number of fused-ring (bicyclic) bond motifs is 2. The van der Waals surface area contributed by atoms with Crippen LogP contribution in [0.5, 0.6) is 0 Å². The Labute approximate surface area is 265 Å². The van der Waals surface area contributed by atoms with Crippen LogP contribution in [0.2, 0.25) is 5.02 Å². The highest BCUT2D eigenvalue weighted by Crippen LogP contribution is 2.37. The second-order valence-electron chi connectivity index (χ2n) is 12.3. The van der Waals surface area contributed by atoms with Gasteiger partial charge in [-0.25, -0.2) is 8.42 Å². The minimum atomic E-state index is -4.48. The minimum Gasteiger partial charge on any atom is -0.390 e. The van der Waals surface area contributed by atoms with Crippen LogP contribution in [0.25, 0.3) is 11.3 Å². The van der Waals surface area contributed by atoms with Crippen molar-refractivity contribution in [3.05, 3.63) is 69.9 Å². The monoisotopic (exact) mass is 667 g/mol. The van der Waals surface area contributed by atoms with Gasteiger partial charge in [0.15, 0.2) is 0 Å². The van der Waals surface area contributed by atoms with Gasteiger partial charge in [-0.05, 0) is 61.6 Å². The number of β-amino-alcohol motifs (C(OH)–C–C–N with tert-alkyl or cyclic N) is 1. The fraction of sp³-hybridized carbons (Fsp3) is 0.516. The van der Waals surface area contributed by atoms with Crippen molar-refractivity contribution in [3.63, 3.8) is 0 Å². The number of aryl methyl sites for hydroxylation is 1. The van der Waals surface area contributed by atoms with Gasteiger partial charge in [-0.1, -0.05) is 23.7 Å². The van der Waals surface area contributed by atoms with E-state index in [1.807, 2.05) is 18.2 Å². The van der Waals surface area contributed by atoms with E-state index in [2.05, 4.69) is 9.80 Å². The summed E-state index contributed by atoms with van der Waals surface area (Å²) in [5, 5.41) is 27.4. The molecule has 3 aliphatic rings. The van der Waals surface area contributed by atoms with Crippen LogP contribution in [-0.4, -0.2) is 88.4 Å². The number of rotatable bonds is 7. The Hall–Kier alpha value is -2.68. The zero-order chi connectivity index (χ0) is 32.1. The normalized spacial score (nSPS) is 21.0. The molecule has 244 valence electrons. The third-order valence-electron chi connectivity index (χ3n) is 9.17. The molecule has 2 atom stereocenters. The molecule has 0 aliphatic carbocycles. The van der Waals surface area contributed by atoms with Gasteiger partial charge in [0.05, 0.1) is 30.2 Å². The molecule has 0 amide bonds. The molecule has 2 N–H and O–H groups in total. The quantitative estimate of drug-likeness (QED) is 0.391. The molecular weight excluding hydrogens is 631 g/mol. The molecule has 1 aromatic heterocycles. The molecule has 0 radical (unpaired) electrons. The lowest BCUT2D eigenvalue weighted by Gasteiger charge is -2.45. The predicted octanol–water partition coefficient (Wildman–Crippen LogP) is 4.14. The van der Waals surface area contributed by atoms with E-state index >= 15 is 0 Å². The zero-order valence-electron chi connectivity index (χ0n) is 24.9. The van der Waals surface area contributed by atoms with E-state index in [-0.39, 0.29) is 25.7 Å². The molecule has 9 nitrogen and oxygen atoms in total. The molecule has 0 saturated carbocycles. The van der Waals surface area contributed by atoms with Gasteiger partial charge in [-0.15, -0.1) is 0 Å². The number of alkyl halides is 3. The Kier molecular flexibility index (Phi) is 8.96. The number of nitrogens with zero attached hydrogens (tertiary/aromatic N) is 5.